The number of nitrogens with two attached hydrogens (primary N) is 1. The molecule has 0 radical (unpaired) electrons. The van der Waals surface area contributed by atoms with Crippen molar-refractivity contribution in [3.05, 3.63) is 11.9 Å². The highest BCUT2D eigenvalue weighted by Gasteiger charge is 2.29. The van der Waals surface area contributed by atoms with E-state index in [2.05, 4.69) is 15.7 Å². The van der Waals surface area contributed by atoms with Crippen molar-refractivity contribution in [2.75, 3.05) is 0 Å². The molecular formula is C9H16F3N5. The lowest BCUT2D eigenvalue weighted by atomic mass is 10.1. The van der Waals surface area contributed by atoms with Crippen LogP contribution in [0.25, 0.3) is 0 Å². The van der Waals surface area contributed by atoms with E-state index in [0.29, 0.717) is 12.2 Å². The molecule has 17 heavy (non-hydrogen) atoms. The van der Waals surface area contributed by atoms with E-state index in [1.807, 2.05) is 6.92 Å². The lowest BCUT2D eigenvalue weighted by Crippen LogP contribution is -2.31. The van der Waals surface area contributed by atoms with Crippen molar-refractivity contribution < 1.29 is 13.2 Å². The quantitative estimate of drug-likeness (QED) is 0.594. The topological polar surface area (TPSA) is 68.8 Å². The van der Waals surface area contributed by atoms with Gasteiger partial charge in [-0.15, -0.1) is 5.10 Å². The molecule has 0 aliphatic heterocycles. The summed E-state index contributed by atoms with van der Waals surface area (Å²) >= 11 is 0. The van der Waals surface area contributed by atoms with Gasteiger partial charge in [-0.2, -0.15) is 13.2 Å². The van der Waals surface area contributed by atoms with Gasteiger partial charge in [-0.3, -0.25) is 11.3 Å². The molecule has 1 heterocycles. The van der Waals surface area contributed by atoms with Crippen LogP contribution in [0, 0.1) is 0 Å². The number of aryl methyl sites for hydroxylation is 1. The smallest absolute Gasteiger partial charge is 0.271 e. The second-order valence-electron chi connectivity index (χ2n) is 3.76. The highest BCUT2D eigenvalue weighted by atomic mass is 19.4. The van der Waals surface area contributed by atoms with Crippen LogP contribution in [0.4, 0.5) is 13.2 Å². The Morgan fingerprint density at radius 3 is 2.76 bits per heavy atom. The van der Waals surface area contributed by atoms with Crippen LogP contribution in [0.15, 0.2) is 6.20 Å². The number of halogens is 3. The molecule has 5 nitrogen and oxygen atoms in total. The fourth-order valence-electron chi connectivity index (χ4n) is 1.55. The second kappa shape index (κ2) is 5.97. The molecular weight excluding hydrogens is 235 g/mol. The molecule has 1 unspecified atom stereocenters. The first-order valence-corrected chi connectivity index (χ1v) is 5.39. The van der Waals surface area contributed by atoms with Crippen molar-refractivity contribution >= 4 is 0 Å². The fourth-order valence-corrected chi connectivity index (χ4v) is 1.55. The molecule has 1 aromatic heterocycles. The predicted octanol–water partition coefficient (Wildman–Crippen LogP) is 1.53. The van der Waals surface area contributed by atoms with Crippen molar-refractivity contribution in [3.63, 3.8) is 0 Å². The average Bonchev–Trinajstić information content (AvgIpc) is 2.66. The third-order valence-corrected chi connectivity index (χ3v) is 2.36. The van der Waals surface area contributed by atoms with Gasteiger partial charge in [-0.1, -0.05) is 12.1 Å². The standard InChI is InChI=1S/C9H16F3N5/c1-2-5-17-8(6-14-16-17)7(15-13)3-4-9(10,11)12/h6-7,15H,2-5,13H2,1H3. The van der Waals surface area contributed by atoms with E-state index in [9.17, 15) is 13.2 Å². The van der Waals surface area contributed by atoms with Crippen LogP contribution in [0.1, 0.15) is 37.9 Å². The van der Waals surface area contributed by atoms with Crippen molar-refractivity contribution in [1.82, 2.24) is 20.4 Å². The maximum Gasteiger partial charge on any atom is 0.389 e. The van der Waals surface area contributed by atoms with E-state index < -0.39 is 18.6 Å². The van der Waals surface area contributed by atoms with Gasteiger partial charge in [0, 0.05) is 13.0 Å². The summed E-state index contributed by atoms with van der Waals surface area (Å²) < 4.78 is 38.0. The fraction of sp³-hybridized carbons (Fsp3) is 0.778. The third kappa shape index (κ3) is 4.31. The Balaban J connectivity index is 2.69. The molecule has 0 saturated carbocycles. The van der Waals surface area contributed by atoms with E-state index >= 15 is 0 Å². The number of nitrogens with zero attached hydrogens (tertiary/aromatic N) is 3. The molecule has 0 aliphatic rings. The summed E-state index contributed by atoms with van der Waals surface area (Å²) in [6, 6.07) is -0.585. The first-order chi connectivity index (χ1) is 7.98. The third-order valence-electron chi connectivity index (χ3n) is 2.36. The number of hydrogen-bond donors (Lipinski definition) is 2. The molecule has 0 saturated heterocycles. The van der Waals surface area contributed by atoms with Gasteiger partial charge in [0.15, 0.2) is 0 Å². The molecule has 0 fully saturated rings. The molecule has 0 bridgehead atoms. The minimum absolute atomic E-state index is 0.128. The SMILES string of the molecule is CCCn1nncc1C(CCC(F)(F)F)NN. The highest BCUT2D eigenvalue weighted by molar-refractivity contribution is 5.01. The summed E-state index contributed by atoms with van der Waals surface area (Å²) in [6.45, 7) is 2.56. The average molecular weight is 251 g/mol. The van der Waals surface area contributed by atoms with E-state index in [1.165, 1.54) is 6.20 Å². The van der Waals surface area contributed by atoms with E-state index in [-0.39, 0.29) is 6.42 Å². The summed E-state index contributed by atoms with van der Waals surface area (Å²) in [7, 11) is 0. The maximum atomic E-state index is 12.1. The molecule has 98 valence electrons. The zero-order valence-electron chi connectivity index (χ0n) is 9.54. The number of aromatic nitrogens is 3. The van der Waals surface area contributed by atoms with Gasteiger partial charge < -0.3 is 0 Å². The Bertz CT molecular complexity index is 336. The van der Waals surface area contributed by atoms with Gasteiger partial charge in [0.1, 0.15) is 0 Å². The Labute approximate surface area is 97.1 Å². The summed E-state index contributed by atoms with van der Waals surface area (Å²) in [5.41, 5.74) is 2.96. The monoisotopic (exact) mass is 251 g/mol. The van der Waals surface area contributed by atoms with E-state index in [4.69, 9.17) is 5.84 Å². The molecule has 0 aliphatic carbocycles. The number of alkyl halides is 3. The van der Waals surface area contributed by atoms with Crippen molar-refractivity contribution in [3.8, 4) is 0 Å². The van der Waals surface area contributed by atoms with Crippen LogP contribution in [-0.4, -0.2) is 21.2 Å². The zero-order valence-corrected chi connectivity index (χ0v) is 9.54. The Morgan fingerprint density at radius 1 is 1.53 bits per heavy atom. The molecule has 0 aromatic carbocycles. The van der Waals surface area contributed by atoms with Crippen LogP contribution >= 0.6 is 0 Å². The molecule has 1 rings (SSSR count). The second-order valence-corrected chi connectivity index (χ2v) is 3.76. The van der Waals surface area contributed by atoms with Gasteiger partial charge in [0.2, 0.25) is 0 Å². The number of nitrogens with one attached hydrogen (secondary N) is 1. The Kier molecular flexibility index (Phi) is 4.88. The summed E-state index contributed by atoms with van der Waals surface area (Å²) in [4.78, 5) is 0. The van der Waals surface area contributed by atoms with Gasteiger partial charge in [0.05, 0.1) is 17.9 Å². The van der Waals surface area contributed by atoms with Crippen LogP contribution in [-0.2, 0) is 6.54 Å². The molecule has 3 N–H and O–H groups in total. The first-order valence-electron chi connectivity index (χ1n) is 5.39. The van der Waals surface area contributed by atoms with Gasteiger partial charge >= 0.3 is 6.18 Å². The molecule has 8 heteroatoms. The van der Waals surface area contributed by atoms with Gasteiger partial charge in [0.25, 0.3) is 0 Å². The van der Waals surface area contributed by atoms with E-state index in [1.54, 1.807) is 4.68 Å². The normalized spacial score (nSPS) is 13.9. The molecule has 1 atom stereocenters. The lowest BCUT2D eigenvalue weighted by molar-refractivity contribution is -0.136. The largest absolute Gasteiger partial charge is 0.389 e. The predicted molar refractivity (Wildman–Crippen MR) is 55.7 cm³/mol. The van der Waals surface area contributed by atoms with Crippen LogP contribution < -0.4 is 11.3 Å². The minimum atomic E-state index is -4.18. The zero-order chi connectivity index (χ0) is 12.9. The number of hydrogen-bond acceptors (Lipinski definition) is 4. The number of rotatable bonds is 6. The van der Waals surface area contributed by atoms with Gasteiger partial charge in [-0.05, 0) is 12.8 Å². The summed E-state index contributed by atoms with van der Waals surface area (Å²) in [5, 5.41) is 7.50. The van der Waals surface area contributed by atoms with Crippen LogP contribution in [0.2, 0.25) is 0 Å². The maximum absolute atomic E-state index is 12.1. The van der Waals surface area contributed by atoms with Crippen LogP contribution in [0.5, 0.6) is 0 Å². The Morgan fingerprint density at radius 2 is 2.24 bits per heavy atom. The highest BCUT2D eigenvalue weighted by Crippen LogP contribution is 2.26. The number of hydrazine groups is 1. The molecule has 0 amide bonds. The van der Waals surface area contributed by atoms with Crippen LogP contribution in [0.3, 0.4) is 0 Å². The molecule has 1 aromatic rings. The van der Waals surface area contributed by atoms with E-state index in [0.717, 1.165) is 6.42 Å². The van der Waals surface area contributed by atoms with Crippen molar-refractivity contribution in [2.24, 2.45) is 5.84 Å². The molecule has 0 spiro atoms. The summed E-state index contributed by atoms with van der Waals surface area (Å²) in [5.74, 6) is 5.27. The Hall–Kier alpha value is -1.15. The minimum Gasteiger partial charge on any atom is -0.271 e. The van der Waals surface area contributed by atoms with Gasteiger partial charge in [-0.25, -0.2) is 4.68 Å². The van der Waals surface area contributed by atoms with Crippen molar-refractivity contribution in [1.29, 1.82) is 0 Å². The van der Waals surface area contributed by atoms with Crippen molar-refractivity contribution in [2.45, 2.75) is 44.9 Å². The lowest BCUT2D eigenvalue weighted by Gasteiger charge is -2.17. The summed E-state index contributed by atoms with van der Waals surface area (Å²) in [6.07, 6.45) is -2.93. The first kappa shape index (κ1) is 13.9.